The van der Waals surface area contributed by atoms with E-state index in [0.29, 0.717) is 0 Å². The Balaban J connectivity index is 2.55. The van der Waals surface area contributed by atoms with E-state index in [1.165, 1.54) is 6.07 Å². The number of fused-ring (bicyclic) bond motifs is 1. The number of nitrogens with zero attached hydrogens (tertiary/aromatic N) is 1. The summed E-state index contributed by atoms with van der Waals surface area (Å²) in [5.41, 5.74) is 1.85. The molecule has 0 N–H and O–H groups in total. The topological polar surface area (TPSA) is 60.2 Å². The van der Waals surface area contributed by atoms with Crippen LogP contribution in [0, 0.1) is 16.0 Å². The first-order valence-corrected chi connectivity index (χ1v) is 5.70. The molecule has 90 valence electrons. The van der Waals surface area contributed by atoms with E-state index in [9.17, 15) is 14.9 Å². The first-order chi connectivity index (χ1) is 7.96. The van der Waals surface area contributed by atoms with Gasteiger partial charge < -0.3 is 4.79 Å². The quantitative estimate of drug-likeness (QED) is 0.448. The smallest absolute Gasteiger partial charge is 0.269 e. The van der Waals surface area contributed by atoms with Gasteiger partial charge in [-0.05, 0) is 29.4 Å². The molecular weight excluding hydrogens is 218 g/mol. The molecule has 0 bridgehead atoms. The Kier molecular flexibility index (Phi) is 2.73. The second kappa shape index (κ2) is 3.95. The SMILES string of the molecule is CC1(C)c2cc([N+](=O)[O-])ccc2CCC1C=O. The maximum absolute atomic E-state index is 11.1. The Morgan fingerprint density at radius 2 is 2.18 bits per heavy atom. The molecule has 0 spiro atoms. The molecule has 1 unspecified atom stereocenters. The van der Waals surface area contributed by atoms with Crippen molar-refractivity contribution in [1.29, 1.82) is 0 Å². The fourth-order valence-corrected chi connectivity index (χ4v) is 2.61. The third-order valence-corrected chi connectivity index (χ3v) is 3.81. The largest absolute Gasteiger partial charge is 0.303 e. The van der Waals surface area contributed by atoms with Crippen molar-refractivity contribution in [3.63, 3.8) is 0 Å². The van der Waals surface area contributed by atoms with Crippen molar-refractivity contribution in [3.8, 4) is 0 Å². The fraction of sp³-hybridized carbons (Fsp3) is 0.462. The van der Waals surface area contributed by atoms with Crippen molar-refractivity contribution >= 4 is 12.0 Å². The van der Waals surface area contributed by atoms with Gasteiger partial charge in [-0.3, -0.25) is 10.1 Å². The van der Waals surface area contributed by atoms with Gasteiger partial charge in [0.25, 0.3) is 5.69 Å². The lowest BCUT2D eigenvalue weighted by Gasteiger charge is -2.37. The van der Waals surface area contributed by atoms with Gasteiger partial charge in [0.1, 0.15) is 6.29 Å². The molecule has 1 aromatic rings. The molecule has 0 fully saturated rings. The summed E-state index contributed by atoms with van der Waals surface area (Å²) in [5, 5.41) is 10.8. The van der Waals surface area contributed by atoms with Gasteiger partial charge >= 0.3 is 0 Å². The Bertz CT molecular complexity index is 480. The van der Waals surface area contributed by atoms with E-state index in [0.717, 1.165) is 30.3 Å². The zero-order valence-corrected chi connectivity index (χ0v) is 9.97. The van der Waals surface area contributed by atoms with E-state index in [1.54, 1.807) is 6.07 Å². The van der Waals surface area contributed by atoms with Crippen molar-refractivity contribution < 1.29 is 9.72 Å². The molecule has 1 aliphatic carbocycles. The lowest BCUT2D eigenvalue weighted by atomic mass is 9.66. The van der Waals surface area contributed by atoms with Crippen molar-refractivity contribution in [3.05, 3.63) is 39.4 Å². The average molecular weight is 233 g/mol. The standard InChI is InChI=1S/C13H15NO3/c1-13(2)10(8-15)5-3-9-4-6-11(14(16)17)7-12(9)13/h4,6-8,10H,3,5H2,1-2H3. The number of hydrogen-bond donors (Lipinski definition) is 0. The zero-order valence-electron chi connectivity index (χ0n) is 9.97. The summed E-state index contributed by atoms with van der Waals surface area (Å²) in [6.45, 7) is 3.96. The minimum atomic E-state index is -0.388. The first-order valence-electron chi connectivity index (χ1n) is 5.70. The van der Waals surface area contributed by atoms with Crippen molar-refractivity contribution in [2.24, 2.45) is 5.92 Å². The predicted molar refractivity (Wildman–Crippen MR) is 64.0 cm³/mol. The van der Waals surface area contributed by atoms with Crippen LogP contribution in [0.15, 0.2) is 18.2 Å². The highest BCUT2D eigenvalue weighted by molar-refractivity contribution is 5.60. The first kappa shape index (κ1) is 11.8. The molecule has 0 aromatic heterocycles. The molecule has 1 atom stereocenters. The van der Waals surface area contributed by atoms with Gasteiger partial charge in [-0.2, -0.15) is 0 Å². The molecule has 4 heteroatoms. The number of aldehydes is 1. The van der Waals surface area contributed by atoms with E-state index in [4.69, 9.17) is 0 Å². The average Bonchev–Trinajstić information content (AvgIpc) is 2.28. The highest BCUT2D eigenvalue weighted by Gasteiger charge is 2.37. The molecule has 2 rings (SSSR count). The van der Waals surface area contributed by atoms with Gasteiger partial charge in [0.15, 0.2) is 0 Å². The van der Waals surface area contributed by atoms with Crippen LogP contribution in [-0.4, -0.2) is 11.2 Å². The maximum Gasteiger partial charge on any atom is 0.269 e. The van der Waals surface area contributed by atoms with E-state index in [2.05, 4.69) is 0 Å². The number of nitro benzene ring substituents is 1. The minimum absolute atomic E-state index is 0.0583. The summed E-state index contributed by atoms with van der Waals surface area (Å²) < 4.78 is 0. The summed E-state index contributed by atoms with van der Waals surface area (Å²) in [4.78, 5) is 21.5. The molecule has 17 heavy (non-hydrogen) atoms. The van der Waals surface area contributed by atoms with Gasteiger partial charge in [-0.15, -0.1) is 0 Å². The van der Waals surface area contributed by atoms with E-state index in [-0.39, 0.29) is 21.9 Å². The number of rotatable bonds is 2. The lowest BCUT2D eigenvalue weighted by molar-refractivity contribution is -0.385. The molecular formula is C13H15NO3. The Morgan fingerprint density at radius 3 is 2.76 bits per heavy atom. The van der Waals surface area contributed by atoms with Gasteiger partial charge in [0.2, 0.25) is 0 Å². The van der Waals surface area contributed by atoms with Crippen LogP contribution in [0.1, 0.15) is 31.4 Å². The van der Waals surface area contributed by atoms with Crippen LogP contribution in [0.4, 0.5) is 5.69 Å². The van der Waals surface area contributed by atoms with Gasteiger partial charge in [-0.25, -0.2) is 0 Å². The third kappa shape index (κ3) is 1.84. The summed E-state index contributed by atoms with van der Waals surface area (Å²) in [6, 6.07) is 4.97. The monoisotopic (exact) mass is 233 g/mol. The predicted octanol–water partition coefficient (Wildman–Crippen LogP) is 2.63. The summed E-state index contributed by atoms with van der Waals surface area (Å²) in [7, 11) is 0. The number of nitro groups is 1. The highest BCUT2D eigenvalue weighted by atomic mass is 16.6. The third-order valence-electron chi connectivity index (χ3n) is 3.81. The molecule has 4 nitrogen and oxygen atoms in total. The van der Waals surface area contributed by atoms with Crippen LogP contribution in [0.3, 0.4) is 0 Å². The van der Waals surface area contributed by atoms with Gasteiger partial charge in [-0.1, -0.05) is 19.9 Å². The van der Waals surface area contributed by atoms with Crippen LogP contribution in [0.2, 0.25) is 0 Å². The molecule has 0 saturated heterocycles. The van der Waals surface area contributed by atoms with E-state index in [1.807, 2.05) is 19.9 Å². The van der Waals surface area contributed by atoms with Gasteiger partial charge in [0.05, 0.1) is 4.92 Å². The highest BCUT2D eigenvalue weighted by Crippen LogP contribution is 2.41. The number of aryl methyl sites for hydroxylation is 1. The number of non-ortho nitro benzene ring substituents is 1. The van der Waals surface area contributed by atoms with Crippen molar-refractivity contribution in [2.75, 3.05) is 0 Å². The Hall–Kier alpha value is -1.71. The van der Waals surface area contributed by atoms with Crippen LogP contribution in [0.25, 0.3) is 0 Å². The zero-order chi connectivity index (χ0) is 12.6. The van der Waals surface area contributed by atoms with Gasteiger partial charge in [0, 0.05) is 18.1 Å². The molecule has 1 aliphatic rings. The van der Waals surface area contributed by atoms with Crippen LogP contribution in [0.5, 0.6) is 0 Å². The molecule has 0 aliphatic heterocycles. The Labute approximate surface area is 99.8 Å². The van der Waals surface area contributed by atoms with Crippen LogP contribution in [-0.2, 0) is 16.6 Å². The number of benzene rings is 1. The number of hydrogen-bond acceptors (Lipinski definition) is 3. The number of carbonyl (C=O) groups excluding carboxylic acids is 1. The van der Waals surface area contributed by atoms with Crippen LogP contribution < -0.4 is 0 Å². The second-order valence-electron chi connectivity index (χ2n) is 5.10. The molecule has 0 saturated carbocycles. The van der Waals surface area contributed by atoms with E-state index >= 15 is 0 Å². The van der Waals surface area contributed by atoms with Crippen LogP contribution >= 0.6 is 0 Å². The minimum Gasteiger partial charge on any atom is -0.303 e. The summed E-state index contributed by atoms with van der Waals surface area (Å²) >= 11 is 0. The lowest BCUT2D eigenvalue weighted by Crippen LogP contribution is -2.35. The Morgan fingerprint density at radius 1 is 1.47 bits per heavy atom. The summed E-state index contributed by atoms with van der Waals surface area (Å²) in [6.07, 6.45) is 2.61. The molecule has 0 radical (unpaired) electrons. The maximum atomic E-state index is 11.1. The molecule has 0 heterocycles. The van der Waals surface area contributed by atoms with E-state index < -0.39 is 0 Å². The van der Waals surface area contributed by atoms with Crippen molar-refractivity contribution in [1.82, 2.24) is 0 Å². The molecule has 0 amide bonds. The normalized spacial score (nSPS) is 21.6. The fourth-order valence-electron chi connectivity index (χ4n) is 2.61. The van der Waals surface area contributed by atoms with Crippen molar-refractivity contribution in [2.45, 2.75) is 32.1 Å². The second-order valence-corrected chi connectivity index (χ2v) is 5.10. The number of carbonyl (C=O) groups is 1. The molecule has 1 aromatic carbocycles. The summed E-state index contributed by atoms with van der Waals surface area (Å²) in [5.74, 6) is -0.0583.